The fourth-order valence-electron chi connectivity index (χ4n) is 1.82. The molecule has 2 aromatic rings. The summed E-state index contributed by atoms with van der Waals surface area (Å²) in [6.07, 6.45) is 0.875. The maximum absolute atomic E-state index is 6.10. The van der Waals surface area contributed by atoms with Crippen molar-refractivity contribution in [3.63, 3.8) is 0 Å². The van der Waals surface area contributed by atoms with Crippen LogP contribution in [-0.4, -0.2) is 0 Å². The average Bonchev–Trinajstić information content (AvgIpc) is 2.42. The molecule has 0 saturated carbocycles. The molecule has 2 N–H and O–H groups in total. The van der Waals surface area contributed by atoms with E-state index in [-0.39, 0.29) is 0 Å². The van der Waals surface area contributed by atoms with Crippen molar-refractivity contribution >= 4 is 27.5 Å². The fraction of sp³-hybridized carbons (Fsp3) is 0.200. The van der Waals surface area contributed by atoms with Gasteiger partial charge in [-0.15, -0.1) is 0 Å². The van der Waals surface area contributed by atoms with Crippen molar-refractivity contribution in [2.45, 2.75) is 19.9 Å². The number of hydrogen-bond donors (Lipinski definition) is 1. The molecule has 0 saturated heterocycles. The van der Waals surface area contributed by atoms with Crippen molar-refractivity contribution in [1.82, 2.24) is 0 Å². The average molecular weight is 341 g/mol. The maximum atomic E-state index is 6.10. The zero-order valence-corrected chi connectivity index (χ0v) is 13.0. The van der Waals surface area contributed by atoms with Gasteiger partial charge in [-0.25, -0.2) is 0 Å². The Morgan fingerprint density at radius 3 is 2.63 bits per heavy atom. The van der Waals surface area contributed by atoms with Gasteiger partial charge < -0.3 is 10.5 Å². The monoisotopic (exact) mass is 339 g/mol. The molecule has 0 bridgehead atoms. The van der Waals surface area contributed by atoms with Crippen molar-refractivity contribution in [3.05, 3.63) is 57.0 Å². The van der Waals surface area contributed by atoms with Crippen LogP contribution in [0.15, 0.2) is 40.9 Å². The van der Waals surface area contributed by atoms with E-state index in [4.69, 9.17) is 22.1 Å². The Balaban J connectivity index is 2.30. The third kappa shape index (κ3) is 3.50. The summed E-state index contributed by atoms with van der Waals surface area (Å²) in [5.41, 5.74) is 7.77. The van der Waals surface area contributed by atoms with Gasteiger partial charge in [0.2, 0.25) is 0 Å². The molecule has 0 aliphatic heterocycles. The first-order valence-electron chi connectivity index (χ1n) is 6.08. The van der Waals surface area contributed by atoms with Crippen LogP contribution in [0.4, 0.5) is 0 Å². The molecule has 0 spiro atoms. The molecule has 0 unspecified atom stereocenters. The quantitative estimate of drug-likeness (QED) is 0.857. The van der Waals surface area contributed by atoms with E-state index in [0.29, 0.717) is 6.54 Å². The second kappa shape index (κ2) is 6.42. The van der Waals surface area contributed by atoms with Crippen molar-refractivity contribution in [2.75, 3.05) is 0 Å². The van der Waals surface area contributed by atoms with E-state index < -0.39 is 0 Å². The molecule has 2 rings (SSSR count). The number of hydrogen-bond acceptors (Lipinski definition) is 2. The fourth-order valence-corrected chi connectivity index (χ4v) is 2.48. The molecule has 0 aromatic heterocycles. The first-order valence-corrected chi connectivity index (χ1v) is 7.26. The Morgan fingerprint density at radius 1 is 1.16 bits per heavy atom. The smallest absolute Gasteiger partial charge is 0.131 e. The SMILES string of the molecule is CCc1cc(Oc2ccc(Br)cc2CN)ccc1Cl. The van der Waals surface area contributed by atoms with E-state index >= 15 is 0 Å². The largest absolute Gasteiger partial charge is 0.457 e. The summed E-state index contributed by atoms with van der Waals surface area (Å²) in [7, 11) is 0. The van der Waals surface area contributed by atoms with E-state index in [1.807, 2.05) is 36.4 Å². The lowest BCUT2D eigenvalue weighted by molar-refractivity contribution is 0.475. The summed E-state index contributed by atoms with van der Waals surface area (Å²) in [6.45, 7) is 2.50. The molecule has 19 heavy (non-hydrogen) atoms. The summed E-state index contributed by atoms with van der Waals surface area (Å²) in [5, 5.41) is 0.768. The summed E-state index contributed by atoms with van der Waals surface area (Å²) in [6, 6.07) is 11.5. The van der Waals surface area contributed by atoms with Gasteiger partial charge in [0.05, 0.1) is 0 Å². The van der Waals surface area contributed by atoms with Gasteiger partial charge in [0.1, 0.15) is 11.5 Å². The first-order chi connectivity index (χ1) is 9.13. The molecule has 0 aliphatic rings. The highest BCUT2D eigenvalue weighted by atomic mass is 79.9. The Labute approximate surface area is 126 Å². The number of benzene rings is 2. The molecule has 2 aromatic carbocycles. The summed E-state index contributed by atoms with van der Waals surface area (Å²) in [5.74, 6) is 1.55. The van der Waals surface area contributed by atoms with Gasteiger partial charge in [0.25, 0.3) is 0 Å². The highest BCUT2D eigenvalue weighted by Crippen LogP contribution is 2.30. The molecule has 0 amide bonds. The second-order valence-corrected chi connectivity index (χ2v) is 5.49. The van der Waals surface area contributed by atoms with E-state index in [2.05, 4.69) is 22.9 Å². The number of ether oxygens (including phenoxy) is 1. The van der Waals surface area contributed by atoms with Crippen molar-refractivity contribution in [2.24, 2.45) is 5.73 Å². The van der Waals surface area contributed by atoms with Crippen LogP contribution in [0, 0.1) is 0 Å². The molecule has 4 heteroatoms. The molecule has 0 atom stereocenters. The summed E-state index contributed by atoms with van der Waals surface area (Å²) in [4.78, 5) is 0. The van der Waals surface area contributed by atoms with Crippen LogP contribution in [0.1, 0.15) is 18.1 Å². The number of rotatable bonds is 4. The van der Waals surface area contributed by atoms with Crippen molar-refractivity contribution in [1.29, 1.82) is 0 Å². The van der Waals surface area contributed by atoms with Crippen LogP contribution in [0.5, 0.6) is 11.5 Å². The molecule has 0 heterocycles. The van der Waals surface area contributed by atoms with Crippen molar-refractivity contribution in [3.8, 4) is 11.5 Å². The highest BCUT2D eigenvalue weighted by molar-refractivity contribution is 9.10. The van der Waals surface area contributed by atoms with Crippen LogP contribution in [0.25, 0.3) is 0 Å². The van der Waals surface area contributed by atoms with Gasteiger partial charge in [-0.3, -0.25) is 0 Å². The minimum atomic E-state index is 0.434. The third-order valence-electron chi connectivity index (χ3n) is 2.87. The molecular weight excluding hydrogens is 326 g/mol. The minimum absolute atomic E-state index is 0.434. The molecule has 2 nitrogen and oxygen atoms in total. The molecule has 0 radical (unpaired) electrons. The van der Waals surface area contributed by atoms with E-state index in [1.54, 1.807) is 0 Å². The predicted molar refractivity (Wildman–Crippen MR) is 82.9 cm³/mol. The minimum Gasteiger partial charge on any atom is -0.457 e. The third-order valence-corrected chi connectivity index (χ3v) is 3.73. The molecular formula is C15H15BrClNO. The van der Waals surface area contributed by atoms with E-state index in [0.717, 1.165) is 38.5 Å². The normalized spacial score (nSPS) is 10.5. The Hall–Kier alpha value is -1.03. The van der Waals surface area contributed by atoms with Gasteiger partial charge in [0.15, 0.2) is 0 Å². The lowest BCUT2D eigenvalue weighted by Crippen LogP contribution is -1.99. The van der Waals surface area contributed by atoms with Crippen LogP contribution < -0.4 is 10.5 Å². The molecule has 0 fully saturated rings. The maximum Gasteiger partial charge on any atom is 0.131 e. The predicted octanol–water partition coefficient (Wildman–Crippen LogP) is 4.92. The van der Waals surface area contributed by atoms with Gasteiger partial charge in [-0.05, 0) is 48.4 Å². The van der Waals surface area contributed by atoms with Crippen LogP contribution in [0.2, 0.25) is 5.02 Å². The summed E-state index contributed by atoms with van der Waals surface area (Å²) < 4.78 is 6.88. The zero-order chi connectivity index (χ0) is 13.8. The van der Waals surface area contributed by atoms with Crippen LogP contribution in [-0.2, 0) is 13.0 Å². The van der Waals surface area contributed by atoms with Gasteiger partial charge in [0, 0.05) is 21.6 Å². The van der Waals surface area contributed by atoms with Gasteiger partial charge >= 0.3 is 0 Å². The zero-order valence-electron chi connectivity index (χ0n) is 10.6. The molecule has 100 valence electrons. The Bertz CT molecular complexity index is 586. The first kappa shape index (κ1) is 14.4. The van der Waals surface area contributed by atoms with Gasteiger partial charge in [-0.2, -0.15) is 0 Å². The standard InChI is InChI=1S/C15H15BrClNO/c1-2-10-8-13(4-5-14(10)17)19-15-6-3-12(16)7-11(15)9-18/h3-8H,2,9,18H2,1H3. The number of halogens is 2. The lowest BCUT2D eigenvalue weighted by atomic mass is 10.1. The van der Waals surface area contributed by atoms with E-state index in [1.165, 1.54) is 0 Å². The summed E-state index contributed by atoms with van der Waals surface area (Å²) >= 11 is 9.52. The van der Waals surface area contributed by atoms with Gasteiger partial charge in [-0.1, -0.05) is 34.5 Å². The highest BCUT2D eigenvalue weighted by Gasteiger charge is 2.06. The Morgan fingerprint density at radius 2 is 1.95 bits per heavy atom. The Kier molecular flexibility index (Phi) is 4.86. The second-order valence-electron chi connectivity index (χ2n) is 4.17. The lowest BCUT2D eigenvalue weighted by Gasteiger charge is -2.12. The van der Waals surface area contributed by atoms with Crippen LogP contribution >= 0.6 is 27.5 Å². The molecule has 0 aliphatic carbocycles. The number of aryl methyl sites for hydroxylation is 1. The topological polar surface area (TPSA) is 35.2 Å². The van der Waals surface area contributed by atoms with Crippen molar-refractivity contribution < 1.29 is 4.74 Å². The van der Waals surface area contributed by atoms with Crippen LogP contribution in [0.3, 0.4) is 0 Å². The van der Waals surface area contributed by atoms with E-state index in [9.17, 15) is 0 Å². The number of nitrogens with two attached hydrogens (primary N) is 1.